The maximum atomic E-state index is 10.3. The van der Waals surface area contributed by atoms with E-state index in [1.165, 1.54) is 7.11 Å². The standard InChI is InChI=1S/C4H6N2O3S2/c1-9-2-3-5-6-4(10-3)11(7)8/h2H2,1H3,(H,7,8)/p-1. The molecule has 1 aromatic rings. The van der Waals surface area contributed by atoms with Crippen LogP contribution in [0.5, 0.6) is 0 Å². The molecule has 0 aliphatic rings. The lowest BCUT2D eigenvalue weighted by Gasteiger charge is -1.94. The third-order valence-corrected chi connectivity index (χ3v) is 2.58. The van der Waals surface area contributed by atoms with Gasteiger partial charge in [-0.1, -0.05) is 11.3 Å². The van der Waals surface area contributed by atoms with Crippen LogP contribution < -0.4 is 0 Å². The molecule has 0 spiro atoms. The Morgan fingerprint density at radius 3 is 2.91 bits per heavy atom. The van der Waals surface area contributed by atoms with E-state index in [2.05, 4.69) is 10.2 Å². The van der Waals surface area contributed by atoms with Gasteiger partial charge in [-0.15, -0.1) is 10.2 Å². The second-order valence-corrected chi connectivity index (χ2v) is 3.81. The lowest BCUT2D eigenvalue weighted by atomic mass is 10.8. The fraction of sp³-hybridized carbons (Fsp3) is 0.500. The summed E-state index contributed by atoms with van der Waals surface area (Å²) in [5, 5.41) is 7.55. The molecule has 0 aliphatic heterocycles. The molecular weight excluding hydrogens is 188 g/mol. The molecule has 0 saturated heterocycles. The molecule has 0 N–H and O–H groups in total. The Bertz CT molecular complexity index is 262. The Morgan fingerprint density at radius 1 is 1.73 bits per heavy atom. The van der Waals surface area contributed by atoms with Crippen molar-refractivity contribution in [3.8, 4) is 0 Å². The van der Waals surface area contributed by atoms with Gasteiger partial charge in [0.15, 0.2) is 4.34 Å². The minimum Gasteiger partial charge on any atom is -0.767 e. The molecule has 1 atom stereocenters. The highest BCUT2D eigenvalue weighted by Gasteiger charge is 2.02. The van der Waals surface area contributed by atoms with Crippen molar-refractivity contribution in [1.29, 1.82) is 0 Å². The average Bonchev–Trinajstić information content (AvgIpc) is 2.37. The molecule has 1 aromatic heterocycles. The monoisotopic (exact) mass is 193 g/mol. The van der Waals surface area contributed by atoms with Crippen molar-refractivity contribution >= 4 is 22.4 Å². The van der Waals surface area contributed by atoms with Crippen molar-refractivity contribution in [2.75, 3.05) is 7.11 Å². The third kappa shape index (κ3) is 2.29. The molecule has 0 fully saturated rings. The second kappa shape index (κ2) is 3.86. The van der Waals surface area contributed by atoms with Crippen LogP contribution >= 0.6 is 11.3 Å². The van der Waals surface area contributed by atoms with Crippen LogP contribution in [0.3, 0.4) is 0 Å². The quantitative estimate of drug-likeness (QED) is 0.628. The van der Waals surface area contributed by atoms with Crippen LogP contribution in [0.1, 0.15) is 5.01 Å². The fourth-order valence-corrected chi connectivity index (χ4v) is 1.70. The highest BCUT2D eigenvalue weighted by Crippen LogP contribution is 2.12. The van der Waals surface area contributed by atoms with E-state index in [1.807, 2.05) is 0 Å². The summed E-state index contributed by atoms with van der Waals surface area (Å²) in [5.41, 5.74) is 0. The van der Waals surface area contributed by atoms with Gasteiger partial charge < -0.3 is 9.29 Å². The van der Waals surface area contributed by atoms with Crippen LogP contribution in [0, 0.1) is 0 Å². The van der Waals surface area contributed by atoms with Crippen LogP contribution in [-0.2, 0) is 22.4 Å². The van der Waals surface area contributed by atoms with Crippen molar-refractivity contribution in [3.05, 3.63) is 5.01 Å². The predicted octanol–water partition coefficient (Wildman–Crippen LogP) is -0.0775. The Kier molecular flexibility index (Phi) is 3.06. The molecule has 7 heteroatoms. The Hall–Kier alpha value is -0.370. The molecular formula is C4H5N2O3S2-. The lowest BCUT2D eigenvalue weighted by molar-refractivity contribution is 0.184. The van der Waals surface area contributed by atoms with E-state index in [9.17, 15) is 8.76 Å². The van der Waals surface area contributed by atoms with E-state index in [-0.39, 0.29) is 4.34 Å². The number of methoxy groups -OCH3 is 1. The van der Waals surface area contributed by atoms with Gasteiger partial charge in [0, 0.05) is 18.2 Å². The van der Waals surface area contributed by atoms with Gasteiger partial charge in [0.05, 0.1) is 6.61 Å². The predicted molar refractivity (Wildman–Crippen MR) is 37.8 cm³/mol. The van der Waals surface area contributed by atoms with Crippen molar-refractivity contribution in [1.82, 2.24) is 10.2 Å². The average molecular weight is 193 g/mol. The minimum atomic E-state index is -2.27. The molecule has 0 amide bonds. The first kappa shape index (κ1) is 8.72. The number of aromatic nitrogens is 2. The van der Waals surface area contributed by atoms with Gasteiger partial charge in [0.25, 0.3) is 0 Å². The maximum Gasteiger partial charge on any atom is 0.191 e. The normalized spacial score (nSPS) is 13.3. The maximum absolute atomic E-state index is 10.3. The van der Waals surface area contributed by atoms with Gasteiger partial charge in [-0.2, -0.15) is 0 Å². The molecule has 62 valence electrons. The van der Waals surface area contributed by atoms with Crippen molar-refractivity contribution in [2.24, 2.45) is 0 Å². The zero-order chi connectivity index (χ0) is 8.27. The Morgan fingerprint density at radius 2 is 2.45 bits per heavy atom. The van der Waals surface area contributed by atoms with Gasteiger partial charge in [-0.3, -0.25) is 4.21 Å². The van der Waals surface area contributed by atoms with Gasteiger partial charge in [-0.05, 0) is 0 Å². The van der Waals surface area contributed by atoms with Crippen LogP contribution in [0.4, 0.5) is 0 Å². The van der Waals surface area contributed by atoms with E-state index in [1.54, 1.807) is 0 Å². The van der Waals surface area contributed by atoms with E-state index in [0.29, 0.717) is 11.6 Å². The Labute approximate surface area is 69.7 Å². The summed E-state index contributed by atoms with van der Waals surface area (Å²) >= 11 is -1.27. The summed E-state index contributed by atoms with van der Waals surface area (Å²) in [6, 6.07) is 0. The van der Waals surface area contributed by atoms with E-state index in [4.69, 9.17) is 4.74 Å². The highest BCUT2D eigenvalue weighted by atomic mass is 32.2. The number of rotatable bonds is 3. The molecule has 0 aromatic carbocycles. The van der Waals surface area contributed by atoms with E-state index < -0.39 is 11.1 Å². The van der Waals surface area contributed by atoms with Crippen LogP contribution in [0.15, 0.2) is 4.34 Å². The molecule has 11 heavy (non-hydrogen) atoms. The summed E-state index contributed by atoms with van der Waals surface area (Å²) in [6.45, 7) is 0.300. The highest BCUT2D eigenvalue weighted by molar-refractivity contribution is 7.81. The molecule has 0 aliphatic carbocycles. The van der Waals surface area contributed by atoms with Crippen LogP contribution in [0.2, 0.25) is 0 Å². The molecule has 0 saturated carbocycles. The first-order valence-electron chi connectivity index (χ1n) is 2.64. The smallest absolute Gasteiger partial charge is 0.191 e. The number of hydrogen-bond donors (Lipinski definition) is 0. The summed E-state index contributed by atoms with van der Waals surface area (Å²) in [6.07, 6.45) is 0. The summed E-state index contributed by atoms with van der Waals surface area (Å²) < 4.78 is 25.3. The van der Waals surface area contributed by atoms with Crippen LogP contribution in [-0.4, -0.2) is 26.1 Å². The van der Waals surface area contributed by atoms with Crippen molar-refractivity contribution in [2.45, 2.75) is 10.9 Å². The molecule has 5 nitrogen and oxygen atoms in total. The fourth-order valence-electron chi connectivity index (χ4n) is 0.487. The molecule has 0 radical (unpaired) electrons. The molecule has 1 heterocycles. The van der Waals surface area contributed by atoms with E-state index >= 15 is 0 Å². The topological polar surface area (TPSA) is 75.1 Å². The van der Waals surface area contributed by atoms with Gasteiger partial charge in [0.2, 0.25) is 0 Å². The first-order valence-corrected chi connectivity index (χ1v) is 4.53. The summed E-state index contributed by atoms with van der Waals surface area (Å²) in [4.78, 5) is 0. The number of nitrogens with zero attached hydrogens (tertiary/aromatic N) is 2. The lowest BCUT2D eigenvalue weighted by Crippen LogP contribution is -1.86. The zero-order valence-corrected chi connectivity index (χ0v) is 7.28. The summed E-state index contributed by atoms with van der Waals surface area (Å²) in [7, 11) is 1.51. The second-order valence-electron chi connectivity index (χ2n) is 1.63. The molecule has 0 bridgehead atoms. The minimum absolute atomic E-state index is 0.00273. The van der Waals surface area contributed by atoms with Gasteiger partial charge >= 0.3 is 0 Å². The largest absolute Gasteiger partial charge is 0.767 e. The zero-order valence-electron chi connectivity index (χ0n) is 5.64. The SMILES string of the molecule is COCc1nnc(S(=O)[O-])s1. The number of hydrogen-bond acceptors (Lipinski definition) is 6. The first-order chi connectivity index (χ1) is 5.24. The number of ether oxygens (including phenoxy) is 1. The Balaban J connectivity index is 2.73. The van der Waals surface area contributed by atoms with Crippen molar-refractivity contribution < 1.29 is 13.5 Å². The third-order valence-electron chi connectivity index (χ3n) is 0.859. The van der Waals surface area contributed by atoms with Gasteiger partial charge in [-0.25, -0.2) is 0 Å². The molecule has 1 unspecified atom stereocenters. The molecule has 1 rings (SSSR count). The summed E-state index contributed by atoms with van der Waals surface area (Å²) in [5.74, 6) is 0. The van der Waals surface area contributed by atoms with Crippen LogP contribution in [0.25, 0.3) is 0 Å². The van der Waals surface area contributed by atoms with Gasteiger partial charge in [0.1, 0.15) is 5.01 Å². The van der Waals surface area contributed by atoms with Crippen molar-refractivity contribution in [3.63, 3.8) is 0 Å². The van der Waals surface area contributed by atoms with E-state index in [0.717, 1.165) is 11.3 Å².